The minimum Gasteiger partial charge on any atom is -0.496 e. The van der Waals surface area contributed by atoms with E-state index in [0.29, 0.717) is 28.0 Å². The average molecular weight is 378 g/mol. The molecule has 0 aliphatic heterocycles. The topological polar surface area (TPSA) is 48.7 Å². The summed E-state index contributed by atoms with van der Waals surface area (Å²) >= 11 is 0. The lowest BCUT2D eigenvalue weighted by Gasteiger charge is -2.12. The van der Waals surface area contributed by atoms with Gasteiger partial charge in [0.05, 0.1) is 31.4 Å². The van der Waals surface area contributed by atoms with Crippen LogP contribution in [0.25, 0.3) is 11.0 Å². The molecule has 3 rings (SSSR count). The molecule has 0 aliphatic carbocycles. The molecule has 27 heavy (non-hydrogen) atoms. The van der Waals surface area contributed by atoms with Gasteiger partial charge in [0.1, 0.15) is 5.75 Å². The number of fused-ring (bicyclic) bond motifs is 1. The predicted octanol–water partition coefficient (Wildman–Crippen LogP) is 5.28. The molecule has 142 valence electrons. The van der Waals surface area contributed by atoms with Crippen molar-refractivity contribution < 1.29 is 31.9 Å². The standard InChI is InChI=1S/C20H17F3O4/c1-25-17-11-13(18(26-2)15-8-9-27-19(15)17)6-7-16(24)12-4-3-5-14(10-12)20(21,22)23/h3-5,8-11H,6-7H2,1-2H3. The largest absolute Gasteiger partial charge is 0.496 e. The maximum Gasteiger partial charge on any atom is 0.416 e. The number of hydrogen-bond donors (Lipinski definition) is 0. The van der Waals surface area contributed by atoms with Crippen LogP contribution in [-0.2, 0) is 12.6 Å². The highest BCUT2D eigenvalue weighted by molar-refractivity contribution is 5.97. The van der Waals surface area contributed by atoms with E-state index in [9.17, 15) is 18.0 Å². The number of ether oxygens (including phenoxy) is 2. The van der Waals surface area contributed by atoms with E-state index in [1.807, 2.05) is 0 Å². The molecule has 7 heteroatoms. The van der Waals surface area contributed by atoms with E-state index < -0.39 is 11.7 Å². The summed E-state index contributed by atoms with van der Waals surface area (Å²) in [6.07, 6.45) is -2.66. The van der Waals surface area contributed by atoms with E-state index >= 15 is 0 Å². The molecule has 0 spiro atoms. The zero-order valence-corrected chi connectivity index (χ0v) is 14.7. The van der Waals surface area contributed by atoms with Crippen LogP contribution in [0.2, 0.25) is 0 Å². The number of carbonyl (C=O) groups excluding carboxylic acids is 1. The number of Topliss-reactive ketones (excluding diaryl/α,β-unsaturated/α-hetero) is 1. The SMILES string of the molecule is COc1c(CCC(=O)c2cccc(C(F)(F)F)c2)cc(OC)c2occc12. The quantitative estimate of drug-likeness (QED) is 0.547. The summed E-state index contributed by atoms with van der Waals surface area (Å²) in [5.41, 5.74) is 0.429. The van der Waals surface area contributed by atoms with Gasteiger partial charge in [0.2, 0.25) is 0 Å². The molecule has 0 saturated heterocycles. The fraction of sp³-hybridized carbons (Fsp3) is 0.250. The van der Waals surface area contributed by atoms with Crippen LogP contribution in [0.3, 0.4) is 0 Å². The monoisotopic (exact) mass is 378 g/mol. The molecule has 2 aromatic carbocycles. The van der Waals surface area contributed by atoms with Crippen molar-refractivity contribution in [3.05, 3.63) is 59.4 Å². The Bertz CT molecular complexity index is 973. The number of halogens is 3. The fourth-order valence-corrected chi connectivity index (χ4v) is 2.98. The van der Waals surface area contributed by atoms with Crippen molar-refractivity contribution >= 4 is 16.8 Å². The summed E-state index contributed by atoms with van der Waals surface area (Å²) < 4.78 is 54.6. The molecule has 0 unspecified atom stereocenters. The van der Waals surface area contributed by atoms with E-state index in [-0.39, 0.29) is 24.2 Å². The highest BCUT2D eigenvalue weighted by atomic mass is 19.4. The molecule has 0 fully saturated rings. The molecule has 0 atom stereocenters. The van der Waals surface area contributed by atoms with Crippen LogP contribution in [0.15, 0.2) is 47.1 Å². The highest BCUT2D eigenvalue weighted by Gasteiger charge is 2.30. The number of hydrogen-bond acceptors (Lipinski definition) is 4. The van der Waals surface area contributed by atoms with Crippen molar-refractivity contribution in [2.75, 3.05) is 14.2 Å². The van der Waals surface area contributed by atoms with Crippen LogP contribution in [0.4, 0.5) is 13.2 Å². The summed E-state index contributed by atoms with van der Waals surface area (Å²) in [6, 6.07) is 7.88. The summed E-state index contributed by atoms with van der Waals surface area (Å²) in [5, 5.41) is 0.707. The van der Waals surface area contributed by atoms with Gasteiger partial charge in [0, 0.05) is 12.0 Å². The van der Waals surface area contributed by atoms with Crippen LogP contribution in [0, 0.1) is 0 Å². The fourth-order valence-electron chi connectivity index (χ4n) is 2.98. The zero-order chi connectivity index (χ0) is 19.6. The minimum absolute atomic E-state index is 0.0279. The number of rotatable bonds is 6. The lowest BCUT2D eigenvalue weighted by Crippen LogP contribution is -2.08. The Labute approximate surface area is 153 Å². The van der Waals surface area contributed by atoms with Gasteiger partial charge in [-0.15, -0.1) is 0 Å². The third-order valence-electron chi connectivity index (χ3n) is 4.29. The number of ketones is 1. The van der Waals surface area contributed by atoms with Crippen LogP contribution >= 0.6 is 0 Å². The molecule has 3 aromatic rings. The molecule has 0 bridgehead atoms. The molecular formula is C20H17F3O4. The van der Waals surface area contributed by atoms with Gasteiger partial charge in [-0.05, 0) is 36.2 Å². The smallest absolute Gasteiger partial charge is 0.416 e. The minimum atomic E-state index is -4.49. The number of furan rings is 1. The van der Waals surface area contributed by atoms with E-state index in [1.165, 1.54) is 32.6 Å². The van der Waals surface area contributed by atoms with Crippen molar-refractivity contribution in [2.45, 2.75) is 19.0 Å². The number of methoxy groups -OCH3 is 2. The molecule has 0 saturated carbocycles. The number of carbonyl (C=O) groups is 1. The van der Waals surface area contributed by atoms with Gasteiger partial charge in [-0.1, -0.05) is 12.1 Å². The second-order valence-corrected chi connectivity index (χ2v) is 5.94. The second kappa shape index (κ2) is 7.34. The molecular weight excluding hydrogens is 361 g/mol. The van der Waals surface area contributed by atoms with Gasteiger partial charge >= 0.3 is 6.18 Å². The van der Waals surface area contributed by atoms with Gasteiger partial charge < -0.3 is 13.9 Å². The predicted molar refractivity (Wildman–Crippen MR) is 93.4 cm³/mol. The first kappa shape index (κ1) is 18.8. The lowest BCUT2D eigenvalue weighted by molar-refractivity contribution is -0.137. The van der Waals surface area contributed by atoms with Gasteiger partial charge in [0.25, 0.3) is 0 Å². The van der Waals surface area contributed by atoms with E-state index in [1.54, 1.807) is 12.1 Å². The third-order valence-corrected chi connectivity index (χ3v) is 4.29. The normalized spacial score (nSPS) is 11.6. The van der Waals surface area contributed by atoms with Crippen molar-refractivity contribution in [1.29, 1.82) is 0 Å². The Balaban J connectivity index is 1.85. The summed E-state index contributed by atoms with van der Waals surface area (Å²) in [5.74, 6) is 0.670. The van der Waals surface area contributed by atoms with Gasteiger partial charge in [-0.3, -0.25) is 4.79 Å². The molecule has 1 aromatic heterocycles. The van der Waals surface area contributed by atoms with Crippen molar-refractivity contribution in [2.24, 2.45) is 0 Å². The molecule has 0 N–H and O–H groups in total. The summed E-state index contributed by atoms with van der Waals surface area (Å²) in [7, 11) is 3.01. The maximum absolute atomic E-state index is 12.8. The molecule has 0 amide bonds. The van der Waals surface area contributed by atoms with E-state index in [2.05, 4.69) is 0 Å². The molecule has 4 nitrogen and oxygen atoms in total. The van der Waals surface area contributed by atoms with Gasteiger partial charge in [-0.25, -0.2) is 0 Å². The zero-order valence-electron chi connectivity index (χ0n) is 14.7. The number of alkyl halides is 3. The first-order chi connectivity index (χ1) is 12.8. The lowest BCUT2D eigenvalue weighted by atomic mass is 9.99. The molecule has 0 aliphatic rings. The van der Waals surface area contributed by atoms with Crippen LogP contribution < -0.4 is 9.47 Å². The Hall–Kier alpha value is -2.96. The highest BCUT2D eigenvalue weighted by Crippen LogP contribution is 2.38. The van der Waals surface area contributed by atoms with Crippen molar-refractivity contribution in [3.8, 4) is 11.5 Å². The first-order valence-electron chi connectivity index (χ1n) is 8.16. The number of benzene rings is 2. The van der Waals surface area contributed by atoms with E-state index in [4.69, 9.17) is 13.9 Å². The van der Waals surface area contributed by atoms with E-state index in [0.717, 1.165) is 12.1 Å². The van der Waals surface area contributed by atoms with Crippen molar-refractivity contribution in [1.82, 2.24) is 0 Å². The van der Waals surface area contributed by atoms with Crippen LogP contribution in [0.1, 0.15) is 27.9 Å². The Morgan fingerprint density at radius 1 is 1.11 bits per heavy atom. The Morgan fingerprint density at radius 2 is 1.89 bits per heavy atom. The number of aryl methyl sites for hydroxylation is 1. The van der Waals surface area contributed by atoms with Crippen molar-refractivity contribution in [3.63, 3.8) is 0 Å². The van der Waals surface area contributed by atoms with Gasteiger partial charge in [-0.2, -0.15) is 13.2 Å². The Kier molecular flexibility index (Phi) is 5.12. The Morgan fingerprint density at radius 3 is 2.56 bits per heavy atom. The second-order valence-electron chi connectivity index (χ2n) is 5.94. The first-order valence-corrected chi connectivity index (χ1v) is 8.16. The summed E-state index contributed by atoms with van der Waals surface area (Å²) in [6.45, 7) is 0. The third kappa shape index (κ3) is 3.77. The average Bonchev–Trinajstić information content (AvgIpc) is 3.14. The molecule has 1 heterocycles. The van der Waals surface area contributed by atoms with Crippen LogP contribution in [0.5, 0.6) is 11.5 Å². The van der Waals surface area contributed by atoms with Crippen LogP contribution in [-0.4, -0.2) is 20.0 Å². The summed E-state index contributed by atoms with van der Waals surface area (Å²) in [4.78, 5) is 12.4. The molecule has 0 radical (unpaired) electrons. The van der Waals surface area contributed by atoms with Gasteiger partial charge in [0.15, 0.2) is 17.1 Å². The maximum atomic E-state index is 12.8.